The minimum Gasteiger partial charge on any atom is -0.255 e. The van der Waals surface area contributed by atoms with Crippen LogP contribution in [0.3, 0.4) is 0 Å². The Labute approximate surface area is 103 Å². The van der Waals surface area contributed by atoms with Crippen molar-refractivity contribution in [3.8, 4) is 6.07 Å². The van der Waals surface area contributed by atoms with Crippen LogP contribution in [0.4, 0.5) is 8.78 Å². The van der Waals surface area contributed by atoms with E-state index in [1.165, 1.54) is 12.3 Å². The van der Waals surface area contributed by atoms with Crippen molar-refractivity contribution in [2.24, 2.45) is 0 Å². The van der Waals surface area contributed by atoms with E-state index in [-0.39, 0.29) is 24.8 Å². The molecule has 0 saturated carbocycles. The van der Waals surface area contributed by atoms with Crippen molar-refractivity contribution in [2.75, 3.05) is 0 Å². The highest BCUT2D eigenvalue weighted by Gasteiger charge is 2.31. The van der Waals surface area contributed by atoms with E-state index in [0.29, 0.717) is 10.7 Å². The zero-order valence-corrected chi connectivity index (χ0v) is 9.64. The zero-order chi connectivity index (χ0) is 12.5. The molecule has 1 aliphatic rings. The van der Waals surface area contributed by atoms with Crippen LogP contribution in [0.25, 0.3) is 5.57 Å². The van der Waals surface area contributed by atoms with Crippen molar-refractivity contribution < 1.29 is 8.78 Å². The molecule has 0 unspecified atom stereocenters. The number of alkyl halides is 2. The van der Waals surface area contributed by atoms with Crippen LogP contribution in [0, 0.1) is 11.3 Å². The average Bonchev–Trinajstić information content (AvgIpc) is 2.29. The third kappa shape index (κ3) is 2.62. The molecular formula is C12H9ClF2N2. The van der Waals surface area contributed by atoms with Gasteiger partial charge in [-0.25, -0.2) is 8.78 Å². The SMILES string of the molecule is N#Cc1cnc(C2=CCC(F)(F)CC2)cc1Cl. The Morgan fingerprint density at radius 2 is 2.24 bits per heavy atom. The quantitative estimate of drug-likeness (QED) is 0.764. The summed E-state index contributed by atoms with van der Waals surface area (Å²) in [7, 11) is 0. The summed E-state index contributed by atoms with van der Waals surface area (Å²) >= 11 is 5.87. The maximum atomic E-state index is 13.0. The summed E-state index contributed by atoms with van der Waals surface area (Å²) < 4.78 is 25.9. The molecule has 0 aliphatic heterocycles. The molecule has 0 N–H and O–H groups in total. The molecule has 0 bridgehead atoms. The summed E-state index contributed by atoms with van der Waals surface area (Å²) in [6.45, 7) is 0. The summed E-state index contributed by atoms with van der Waals surface area (Å²) in [5.74, 6) is -2.61. The van der Waals surface area contributed by atoms with Gasteiger partial charge in [0, 0.05) is 19.0 Å². The van der Waals surface area contributed by atoms with Gasteiger partial charge in [0.25, 0.3) is 5.92 Å². The summed E-state index contributed by atoms with van der Waals surface area (Å²) in [5, 5.41) is 9.00. The number of hydrogen-bond donors (Lipinski definition) is 0. The Morgan fingerprint density at radius 3 is 2.76 bits per heavy atom. The molecule has 0 atom stereocenters. The lowest BCUT2D eigenvalue weighted by atomic mass is 9.94. The van der Waals surface area contributed by atoms with Gasteiger partial charge in [0.15, 0.2) is 0 Å². The second-order valence-electron chi connectivity index (χ2n) is 3.95. The van der Waals surface area contributed by atoms with Gasteiger partial charge in [-0.1, -0.05) is 17.7 Å². The molecule has 0 amide bonds. The van der Waals surface area contributed by atoms with Crippen LogP contribution in [-0.2, 0) is 0 Å². The lowest BCUT2D eigenvalue weighted by Gasteiger charge is -2.21. The van der Waals surface area contributed by atoms with Crippen molar-refractivity contribution in [2.45, 2.75) is 25.2 Å². The van der Waals surface area contributed by atoms with Gasteiger partial charge in [-0.3, -0.25) is 4.98 Å². The molecule has 1 aromatic rings. The number of pyridine rings is 1. The minimum atomic E-state index is -2.61. The van der Waals surface area contributed by atoms with E-state index < -0.39 is 5.92 Å². The van der Waals surface area contributed by atoms with Crippen LogP contribution >= 0.6 is 11.6 Å². The van der Waals surface area contributed by atoms with Gasteiger partial charge in [0.2, 0.25) is 0 Å². The molecule has 1 aromatic heterocycles. The molecule has 17 heavy (non-hydrogen) atoms. The molecule has 1 heterocycles. The number of halogens is 3. The van der Waals surface area contributed by atoms with Crippen LogP contribution in [0.2, 0.25) is 5.02 Å². The van der Waals surface area contributed by atoms with Crippen LogP contribution in [0.15, 0.2) is 18.3 Å². The van der Waals surface area contributed by atoms with Gasteiger partial charge in [0.1, 0.15) is 6.07 Å². The first-order chi connectivity index (χ1) is 8.02. The number of nitriles is 1. The zero-order valence-electron chi connectivity index (χ0n) is 8.88. The Bertz CT molecular complexity index is 518. The Balaban J connectivity index is 2.28. The monoisotopic (exact) mass is 254 g/mol. The van der Waals surface area contributed by atoms with Gasteiger partial charge in [-0.15, -0.1) is 0 Å². The molecule has 2 nitrogen and oxygen atoms in total. The third-order valence-electron chi connectivity index (χ3n) is 2.71. The fourth-order valence-corrected chi connectivity index (χ4v) is 1.91. The number of aromatic nitrogens is 1. The van der Waals surface area contributed by atoms with Crippen molar-refractivity contribution >= 4 is 17.2 Å². The Hall–Kier alpha value is -1.47. The highest BCUT2D eigenvalue weighted by Crippen LogP contribution is 2.36. The van der Waals surface area contributed by atoms with Crippen molar-refractivity contribution in [3.63, 3.8) is 0 Å². The average molecular weight is 255 g/mol. The first-order valence-corrected chi connectivity index (χ1v) is 5.52. The number of rotatable bonds is 1. The highest BCUT2D eigenvalue weighted by molar-refractivity contribution is 6.31. The van der Waals surface area contributed by atoms with Gasteiger partial charge >= 0.3 is 0 Å². The number of allylic oxidation sites excluding steroid dienone is 2. The topological polar surface area (TPSA) is 36.7 Å². The minimum absolute atomic E-state index is 0.169. The molecule has 0 aromatic carbocycles. The van der Waals surface area contributed by atoms with Crippen molar-refractivity contribution in [3.05, 3.63) is 34.6 Å². The fraction of sp³-hybridized carbons (Fsp3) is 0.333. The molecule has 2 rings (SSSR count). The Kier molecular flexibility index (Phi) is 3.12. The molecule has 0 fully saturated rings. The smallest absolute Gasteiger partial charge is 0.251 e. The van der Waals surface area contributed by atoms with Gasteiger partial charge in [-0.05, 0) is 18.1 Å². The second kappa shape index (κ2) is 4.42. The summed E-state index contributed by atoms with van der Waals surface area (Å²) in [4.78, 5) is 4.06. The van der Waals surface area contributed by atoms with Crippen LogP contribution in [-0.4, -0.2) is 10.9 Å². The van der Waals surface area contributed by atoms with Gasteiger partial charge < -0.3 is 0 Å². The molecule has 1 aliphatic carbocycles. The molecule has 0 radical (unpaired) electrons. The summed E-state index contributed by atoms with van der Waals surface area (Å²) in [6, 6.07) is 3.46. The predicted molar refractivity (Wildman–Crippen MR) is 60.7 cm³/mol. The normalized spacial score (nSPS) is 18.4. The maximum absolute atomic E-state index is 13.0. The van der Waals surface area contributed by atoms with Gasteiger partial charge in [0.05, 0.1) is 16.3 Å². The molecule has 88 valence electrons. The van der Waals surface area contributed by atoms with Crippen molar-refractivity contribution in [1.82, 2.24) is 4.98 Å². The maximum Gasteiger partial charge on any atom is 0.251 e. The van der Waals surface area contributed by atoms with E-state index in [1.807, 2.05) is 6.07 Å². The highest BCUT2D eigenvalue weighted by atomic mass is 35.5. The standard InChI is InChI=1S/C12H9ClF2N2/c13-10-5-11(17-7-9(10)6-16)8-1-3-12(14,15)4-2-8/h1,5,7H,2-4H2. The molecular weight excluding hydrogens is 246 g/mol. The number of hydrogen-bond acceptors (Lipinski definition) is 2. The second-order valence-corrected chi connectivity index (χ2v) is 4.36. The largest absolute Gasteiger partial charge is 0.255 e. The van der Waals surface area contributed by atoms with E-state index in [9.17, 15) is 8.78 Å². The summed E-state index contributed by atoms with van der Waals surface area (Å²) in [6.07, 6.45) is 2.71. The van der Waals surface area contributed by atoms with E-state index in [4.69, 9.17) is 16.9 Å². The van der Waals surface area contributed by atoms with E-state index in [2.05, 4.69) is 4.98 Å². The fourth-order valence-electron chi connectivity index (χ4n) is 1.72. The van der Waals surface area contributed by atoms with E-state index in [0.717, 1.165) is 5.57 Å². The molecule has 5 heteroatoms. The molecule has 0 spiro atoms. The predicted octanol–water partition coefficient (Wildman–Crippen LogP) is 3.81. The first kappa shape index (κ1) is 12.0. The Morgan fingerprint density at radius 1 is 1.47 bits per heavy atom. The number of nitrogens with zero attached hydrogens (tertiary/aromatic N) is 2. The lowest BCUT2D eigenvalue weighted by Crippen LogP contribution is -2.18. The summed E-state index contributed by atoms with van der Waals surface area (Å²) in [5.41, 5.74) is 1.63. The molecule has 0 saturated heterocycles. The third-order valence-corrected chi connectivity index (χ3v) is 3.02. The van der Waals surface area contributed by atoms with E-state index >= 15 is 0 Å². The lowest BCUT2D eigenvalue weighted by molar-refractivity contribution is -0.00605. The van der Waals surface area contributed by atoms with Gasteiger partial charge in [-0.2, -0.15) is 5.26 Å². The van der Waals surface area contributed by atoms with Crippen LogP contribution in [0.5, 0.6) is 0 Å². The van der Waals surface area contributed by atoms with Crippen LogP contribution in [0.1, 0.15) is 30.5 Å². The van der Waals surface area contributed by atoms with Crippen molar-refractivity contribution in [1.29, 1.82) is 5.26 Å². The van der Waals surface area contributed by atoms with E-state index in [1.54, 1.807) is 6.07 Å². The first-order valence-electron chi connectivity index (χ1n) is 5.15. The van der Waals surface area contributed by atoms with Crippen LogP contribution < -0.4 is 0 Å².